The Bertz CT molecular complexity index is 681. The molecule has 1 saturated carbocycles. The molecule has 154 valence electrons. The van der Waals surface area contributed by atoms with Crippen LogP contribution in [0.2, 0.25) is 0 Å². The molecule has 4 rings (SSSR count). The van der Waals surface area contributed by atoms with Crippen LogP contribution in [-0.2, 0) is 16.0 Å². The molecule has 1 atom stereocenters. The molecule has 1 aromatic heterocycles. The Morgan fingerprint density at radius 1 is 1.29 bits per heavy atom. The third kappa shape index (κ3) is 4.35. The van der Waals surface area contributed by atoms with E-state index in [4.69, 9.17) is 4.74 Å². The molecular formula is C21H31N3O3S. The summed E-state index contributed by atoms with van der Waals surface area (Å²) < 4.78 is 6.27. The average molecular weight is 406 g/mol. The Hall–Kier alpha value is -1.60. The lowest BCUT2D eigenvalue weighted by Gasteiger charge is -2.48. The maximum absolute atomic E-state index is 12.6. The van der Waals surface area contributed by atoms with Gasteiger partial charge >= 0.3 is 6.03 Å². The Balaban J connectivity index is 1.35. The lowest BCUT2D eigenvalue weighted by Crippen LogP contribution is -2.57. The highest BCUT2D eigenvalue weighted by Crippen LogP contribution is 2.40. The van der Waals surface area contributed by atoms with Crippen LogP contribution in [0.1, 0.15) is 51.0 Å². The van der Waals surface area contributed by atoms with Crippen molar-refractivity contribution >= 4 is 23.3 Å². The molecule has 28 heavy (non-hydrogen) atoms. The molecule has 2 saturated heterocycles. The Morgan fingerprint density at radius 2 is 2.07 bits per heavy atom. The fourth-order valence-electron chi connectivity index (χ4n) is 4.66. The van der Waals surface area contributed by atoms with Crippen molar-refractivity contribution in [3.63, 3.8) is 0 Å². The summed E-state index contributed by atoms with van der Waals surface area (Å²) in [6.07, 6.45) is 6.27. The van der Waals surface area contributed by atoms with E-state index in [2.05, 4.69) is 10.2 Å². The van der Waals surface area contributed by atoms with Crippen molar-refractivity contribution in [3.05, 3.63) is 22.4 Å². The third-order valence-corrected chi connectivity index (χ3v) is 7.06. The van der Waals surface area contributed by atoms with Gasteiger partial charge in [0.2, 0.25) is 5.91 Å². The monoisotopic (exact) mass is 405 g/mol. The Labute approximate surface area is 171 Å². The third-order valence-electron chi connectivity index (χ3n) is 6.33. The Kier molecular flexibility index (Phi) is 5.92. The van der Waals surface area contributed by atoms with Gasteiger partial charge in [0.15, 0.2) is 0 Å². The summed E-state index contributed by atoms with van der Waals surface area (Å²) in [5.74, 6) is 0.211. The van der Waals surface area contributed by atoms with E-state index in [0.717, 1.165) is 57.2 Å². The summed E-state index contributed by atoms with van der Waals surface area (Å²) in [7, 11) is 0. The van der Waals surface area contributed by atoms with E-state index in [-0.39, 0.29) is 23.6 Å². The number of rotatable bonds is 5. The van der Waals surface area contributed by atoms with Crippen LogP contribution in [0.15, 0.2) is 16.8 Å². The molecular weight excluding hydrogens is 374 g/mol. The lowest BCUT2D eigenvalue weighted by atomic mass is 9.81. The predicted molar refractivity (Wildman–Crippen MR) is 109 cm³/mol. The molecule has 7 heteroatoms. The lowest BCUT2D eigenvalue weighted by molar-refractivity contribution is -0.147. The van der Waals surface area contributed by atoms with Crippen molar-refractivity contribution in [2.24, 2.45) is 0 Å². The molecule has 1 spiro atoms. The number of amides is 3. The maximum Gasteiger partial charge on any atom is 0.317 e. The first-order valence-electron chi connectivity index (χ1n) is 10.6. The summed E-state index contributed by atoms with van der Waals surface area (Å²) >= 11 is 1.63. The van der Waals surface area contributed by atoms with E-state index in [1.807, 2.05) is 28.7 Å². The molecule has 1 aliphatic carbocycles. The fraction of sp³-hybridized carbons (Fsp3) is 0.714. The highest BCUT2D eigenvalue weighted by Gasteiger charge is 2.46. The topological polar surface area (TPSA) is 61.9 Å². The zero-order chi connectivity index (χ0) is 19.6. The molecule has 0 bridgehead atoms. The molecule has 1 unspecified atom stereocenters. The zero-order valence-electron chi connectivity index (χ0n) is 16.7. The van der Waals surface area contributed by atoms with Crippen LogP contribution in [0, 0.1) is 0 Å². The summed E-state index contributed by atoms with van der Waals surface area (Å²) in [4.78, 5) is 29.3. The highest BCUT2D eigenvalue weighted by molar-refractivity contribution is 7.08. The normalized spacial score (nSPS) is 24.2. The molecule has 0 radical (unpaired) electrons. The van der Waals surface area contributed by atoms with Crippen molar-refractivity contribution in [1.82, 2.24) is 15.1 Å². The molecule has 3 heterocycles. The highest BCUT2D eigenvalue weighted by atomic mass is 32.1. The first kappa shape index (κ1) is 19.7. The minimum atomic E-state index is -0.179. The van der Waals surface area contributed by atoms with Gasteiger partial charge in [0.1, 0.15) is 0 Å². The van der Waals surface area contributed by atoms with Gasteiger partial charge in [0.05, 0.1) is 12.0 Å². The maximum atomic E-state index is 12.6. The zero-order valence-corrected chi connectivity index (χ0v) is 17.5. The molecule has 1 aromatic rings. The summed E-state index contributed by atoms with van der Waals surface area (Å²) in [5, 5.41) is 7.06. The second kappa shape index (κ2) is 8.41. The Morgan fingerprint density at radius 3 is 2.71 bits per heavy atom. The van der Waals surface area contributed by atoms with Gasteiger partial charge in [-0.1, -0.05) is 0 Å². The standard InChI is InChI=1S/C21H31N3O3S/c1-2-22-20(26)24(17-3-4-17)18-5-11-27-21(14-18)7-9-23(10-8-21)19(25)13-16-6-12-28-15-16/h6,12,15,17-18H,2-5,7-11,13-14H2,1H3,(H,22,26). The second-order valence-electron chi connectivity index (χ2n) is 8.34. The van der Waals surface area contributed by atoms with Crippen molar-refractivity contribution in [1.29, 1.82) is 0 Å². The van der Waals surface area contributed by atoms with Gasteiger partial charge in [-0.25, -0.2) is 4.79 Å². The predicted octanol–water partition coefficient (Wildman–Crippen LogP) is 3.02. The first-order valence-corrected chi connectivity index (χ1v) is 11.5. The molecule has 3 fully saturated rings. The molecule has 2 aliphatic heterocycles. The van der Waals surface area contributed by atoms with E-state index >= 15 is 0 Å². The van der Waals surface area contributed by atoms with E-state index in [1.54, 1.807) is 11.3 Å². The van der Waals surface area contributed by atoms with E-state index in [1.165, 1.54) is 0 Å². The molecule has 6 nitrogen and oxygen atoms in total. The SMILES string of the molecule is CCNC(=O)N(C1CC1)C1CCOC2(CCN(C(=O)Cc3ccsc3)CC2)C1. The van der Waals surface area contributed by atoms with Crippen LogP contribution in [-0.4, -0.2) is 65.7 Å². The van der Waals surface area contributed by atoms with Crippen LogP contribution in [0.3, 0.4) is 0 Å². The van der Waals surface area contributed by atoms with Crippen LogP contribution >= 0.6 is 11.3 Å². The number of nitrogens with one attached hydrogen (secondary N) is 1. The van der Waals surface area contributed by atoms with E-state index in [0.29, 0.717) is 25.6 Å². The number of carbonyl (C=O) groups excluding carboxylic acids is 2. The summed E-state index contributed by atoms with van der Waals surface area (Å²) in [6, 6.07) is 2.76. The summed E-state index contributed by atoms with van der Waals surface area (Å²) in [6.45, 7) is 4.84. The van der Waals surface area contributed by atoms with Gasteiger partial charge in [-0.2, -0.15) is 11.3 Å². The van der Waals surface area contributed by atoms with Crippen LogP contribution < -0.4 is 5.32 Å². The number of ether oxygens (including phenoxy) is 1. The van der Waals surface area contributed by atoms with Gasteiger partial charge < -0.3 is 19.9 Å². The number of hydrogen-bond acceptors (Lipinski definition) is 4. The van der Waals surface area contributed by atoms with Crippen LogP contribution in [0.25, 0.3) is 0 Å². The van der Waals surface area contributed by atoms with Gasteiger partial charge in [0, 0.05) is 38.3 Å². The van der Waals surface area contributed by atoms with Crippen molar-refractivity contribution in [3.8, 4) is 0 Å². The molecule has 3 amide bonds. The van der Waals surface area contributed by atoms with Gasteiger partial charge in [-0.05, 0) is 67.8 Å². The quantitative estimate of drug-likeness (QED) is 0.819. The van der Waals surface area contributed by atoms with Gasteiger partial charge in [-0.3, -0.25) is 4.79 Å². The van der Waals surface area contributed by atoms with Crippen molar-refractivity contribution in [2.45, 2.75) is 69.6 Å². The van der Waals surface area contributed by atoms with E-state index < -0.39 is 0 Å². The van der Waals surface area contributed by atoms with Crippen molar-refractivity contribution in [2.75, 3.05) is 26.2 Å². The first-order chi connectivity index (χ1) is 13.6. The molecule has 0 aromatic carbocycles. The largest absolute Gasteiger partial charge is 0.375 e. The number of hydrogen-bond donors (Lipinski definition) is 1. The van der Waals surface area contributed by atoms with Crippen molar-refractivity contribution < 1.29 is 14.3 Å². The van der Waals surface area contributed by atoms with Gasteiger partial charge in [0.25, 0.3) is 0 Å². The number of carbonyl (C=O) groups is 2. The second-order valence-corrected chi connectivity index (χ2v) is 9.12. The number of nitrogens with zero attached hydrogens (tertiary/aromatic N) is 2. The minimum absolute atomic E-state index is 0.0791. The molecule has 1 N–H and O–H groups in total. The van der Waals surface area contributed by atoms with Gasteiger partial charge in [-0.15, -0.1) is 0 Å². The summed E-state index contributed by atoms with van der Waals surface area (Å²) in [5.41, 5.74) is 0.924. The minimum Gasteiger partial charge on any atom is -0.375 e. The number of piperidine rings is 1. The van der Waals surface area contributed by atoms with Crippen LogP contribution in [0.4, 0.5) is 4.79 Å². The smallest absolute Gasteiger partial charge is 0.317 e. The average Bonchev–Trinajstić information content (AvgIpc) is 3.38. The van der Waals surface area contributed by atoms with E-state index in [9.17, 15) is 9.59 Å². The van der Waals surface area contributed by atoms with Crippen LogP contribution in [0.5, 0.6) is 0 Å². The molecule has 3 aliphatic rings. The number of urea groups is 1. The number of thiophene rings is 1. The number of likely N-dealkylation sites (tertiary alicyclic amines) is 1. The fourth-order valence-corrected chi connectivity index (χ4v) is 5.32.